The first-order valence-electron chi connectivity index (χ1n) is 8.17. The fourth-order valence-corrected chi connectivity index (χ4v) is 3.36. The number of likely N-dealkylation sites (tertiary alicyclic amines) is 1. The van der Waals surface area contributed by atoms with E-state index in [1.165, 1.54) is 32.1 Å². The highest BCUT2D eigenvalue weighted by Gasteiger charge is 2.34. The zero-order chi connectivity index (χ0) is 15.2. The number of carbonyl (C=O) groups excluding carboxylic acids is 1. The molecule has 2 atom stereocenters. The van der Waals surface area contributed by atoms with Crippen LogP contribution in [-0.2, 0) is 4.79 Å². The zero-order valence-electron chi connectivity index (χ0n) is 13.7. The van der Waals surface area contributed by atoms with Gasteiger partial charge in [-0.05, 0) is 59.0 Å². The van der Waals surface area contributed by atoms with Crippen LogP contribution >= 0.6 is 0 Å². The maximum absolute atomic E-state index is 11.8. The van der Waals surface area contributed by atoms with Gasteiger partial charge in [-0.15, -0.1) is 0 Å². The Hall–Kier alpha value is -0.610. The van der Waals surface area contributed by atoms with Crippen molar-refractivity contribution in [3.8, 4) is 0 Å². The van der Waals surface area contributed by atoms with Crippen LogP contribution in [0, 0.1) is 5.92 Å². The van der Waals surface area contributed by atoms with Gasteiger partial charge >= 0.3 is 0 Å². The highest BCUT2D eigenvalue weighted by molar-refractivity contribution is 5.84. The standard InChI is InChI=1S/C16H33N3O/c1-5-7-14-8-6-10-19(11-9-14)12-16(4,15(17)20)18-13(2)3/h13-14,18H,5-12H2,1-4H3,(H2,17,20). The molecular weight excluding hydrogens is 250 g/mol. The summed E-state index contributed by atoms with van der Waals surface area (Å²) in [5.41, 5.74) is 5.00. The summed E-state index contributed by atoms with van der Waals surface area (Å²) < 4.78 is 0. The van der Waals surface area contributed by atoms with Crippen molar-refractivity contribution in [1.82, 2.24) is 10.2 Å². The SMILES string of the molecule is CCCC1CCCN(CC(C)(NC(C)C)C(N)=O)CC1. The van der Waals surface area contributed by atoms with E-state index >= 15 is 0 Å². The van der Waals surface area contributed by atoms with Gasteiger partial charge in [-0.25, -0.2) is 0 Å². The number of rotatable bonds is 7. The van der Waals surface area contributed by atoms with Crippen LogP contribution in [0.15, 0.2) is 0 Å². The van der Waals surface area contributed by atoms with E-state index in [9.17, 15) is 4.79 Å². The first-order valence-corrected chi connectivity index (χ1v) is 8.17. The monoisotopic (exact) mass is 283 g/mol. The summed E-state index contributed by atoms with van der Waals surface area (Å²) in [7, 11) is 0. The number of nitrogens with two attached hydrogens (primary N) is 1. The molecule has 1 amide bonds. The molecule has 4 heteroatoms. The van der Waals surface area contributed by atoms with Crippen LogP contribution in [0.2, 0.25) is 0 Å². The summed E-state index contributed by atoms with van der Waals surface area (Å²) in [5.74, 6) is 0.614. The molecule has 3 N–H and O–H groups in total. The van der Waals surface area contributed by atoms with Gasteiger partial charge in [0.15, 0.2) is 0 Å². The van der Waals surface area contributed by atoms with E-state index in [1.807, 2.05) is 6.92 Å². The van der Waals surface area contributed by atoms with E-state index in [0.29, 0.717) is 0 Å². The molecule has 0 aromatic carbocycles. The molecule has 1 aliphatic rings. The van der Waals surface area contributed by atoms with Gasteiger partial charge in [0, 0.05) is 12.6 Å². The van der Waals surface area contributed by atoms with E-state index in [-0.39, 0.29) is 11.9 Å². The molecule has 0 radical (unpaired) electrons. The quantitative estimate of drug-likeness (QED) is 0.752. The normalized spacial score (nSPS) is 24.4. The molecule has 1 heterocycles. The fourth-order valence-electron chi connectivity index (χ4n) is 3.36. The van der Waals surface area contributed by atoms with Gasteiger partial charge in [-0.2, -0.15) is 0 Å². The van der Waals surface area contributed by atoms with Gasteiger partial charge in [-0.3, -0.25) is 4.79 Å². The van der Waals surface area contributed by atoms with Gasteiger partial charge in [-0.1, -0.05) is 19.8 Å². The van der Waals surface area contributed by atoms with E-state index < -0.39 is 5.54 Å². The summed E-state index contributed by atoms with van der Waals surface area (Å²) in [6.07, 6.45) is 6.44. The van der Waals surface area contributed by atoms with Crippen molar-refractivity contribution in [2.75, 3.05) is 19.6 Å². The minimum Gasteiger partial charge on any atom is -0.368 e. The second-order valence-corrected chi connectivity index (χ2v) is 6.86. The third kappa shape index (κ3) is 5.41. The largest absolute Gasteiger partial charge is 0.368 e. The highest BCUT2D eigenvalue weighted by Crippen LogP contribution is 2.23. The molecule has 1 rings (SSSR count). The van der Waals surface area contributed by atoms with Crippen LogP contribution in [-0.4, -0.2) is 42.0 Å². The Morgan fingerprint density at radius 2 is 2.10 bits per heavy atom. The van der Waals surface area contributed by atoms with Crippen molar-refractivity contribution in [3.63, 3.8) is 0 Å². The third-order valence-corrected chi connectivity index (χ3v) is 4.33. The van der Waals surface area contributed by atoms with Gasteiger partial charge in [0.2, 0.25) is 5.91 Å². The molecule has 118 valence electrons. The number of amides is 1. The van der Waals surface area contributed by atoms with Gasteiger partial charge < -0.3 is 16.0 Å². The fraction of sp³-hybridized carbons (Fsp3) is 0.938. The summed E-state index contributed by atoms with van der Waals surface area (Å²) in [6, 6.07) is 0.257. The van der Waals surface area contributed by atoms with Crippen LogP contribution in [0.4, 0.5) is 0 Å². The summed E-state index contributed by atoms with van der Waals surface area (Å²) in [4.78, 5) is 14.2. The van der Waals surface area contributed by atoms with Gasteiger partial charge in [0.25, 0.3) is 0 Å². The molecule has 0 aromatic heterocycles. The Balaban J connectivity index is 2.58. The van der Waals surface area contributed by atoms with Crippen LogP contribution in [0.3, 0.4) is 0 Å². The summed E-state index contributed by atoms with van der Waals surface area (Å²) >= 11 is 0. The summed E-state index contributed by atoms with van der Waals surface area (Å²) in [6.45, 7) is 11.2. The molecule has 20 heavy (non-hydrogen) atoms. The lowest BCUT2D eigenvalue weighted by Crippen LogP contribution is -2.61. The third-order valence-electron chi connectivity index (χ3n) is 4.33. The Bertz CT molecular complexity index is 306. The van der Waals surface area contributed by atoms with Crippen LogP contribution in [0.25, 0.3) is 0 Å². The minimum absolute atomic E-state index is 0.249. The van der Waals surface area contributed by atoms with Crippen molar-refractivity contribution in [2.45, 2.75) is 71.4 Å². The van der Waals surface area contributed by atoms with Crippen LogP contribution in [0.1, 0.15) is 59.8 Å². The lowest BCUT2D eigenvalue weighted by molar-refractivity contribution is -0.124. The minimum atomic E-state index is -0.626. The maximum atomic E-state index is 11.8. The summed E-state index contributed by atoms with van der Waals surface area (Å²) in [5, 5.41) is 3.34. The zero-order valence-corrected chi connectivity index (χ0v) is 13.7. The second kappa shape index (κ2) is 7.99. The molecule has 0 aliphatic carbocycles. The Labute approximate surface area is 124 Å². The molecule has 1 fully saturated rings. The number of hydrogen-bond acceptors (Lipinski definition) is 3. The van der Waals surface area contributed by atoms with Crippen LogP contribution < -0.4 is 11.1 Å². The van der Waals surface area contributed by atoms with E-state index in [2.05, 4.69) is 31.0 Å². The molecule has 0 bridgehead atoms. The highest BCUT2D eigenvalue weighted by atomic mass is 16.1. The number of carbonyl (C=O) groups is 1. The van der Waals surface area contributed by atoms with Crippen LogP contribution in [0.5, 0.6) is 0 Å². The van der Waals surface area contributed by atoms with Crippen molar-refractivity contribution in [1.29, 1.82) is 0 Å². The molecule has 0 spiro atoms. The maximum Gasteiger partial charge on any atom is 0.238 e. The topological polar surface area (TPSA) is 58.4 Å². The molecule has 4 nitrogen and oxygen atoms in total. The number of hydrogen-bond donors (Lipinski definition) is 2. The number of primary amides is 1. The predicted molar refractivity (Wildman–Crippen MR) is 84.6 cm³/mol. The molecule has 1 aliphatic heterocycles. The van der Waals surface area contributed by atoms with E-state index in [4.69, 9.17) is 5.73 Å². The lowest BCUT2D eigenvalue weighted by Gasteiger charge is -2.35. The lowest BCUT2D eigenvalue weighted by atomic mass is 9.96. The van der Waals surface area contributed by atoms with Crippen molar-refractivity contribution in [2.24, 2.45) is 11.7 Å². The predicted octanol–water partition coefficient (Wildman–Crippen LogP) is 2.13. The van der Waals surface area contributed by atoms with Gasteiger partial charge in [0.1, 0.15) is 5.54 Å². The van der Waals surface area contributed by atoms with Crippen molar-refractivity contribution < 1.29 is 4.79 Å². The van der Waals surface area contributed by atoms with Crippen molar-refractivity contribution in [3.05, 3.63) is 0 Å². The van der Waals surface area contributed by atoms with Crippen molar-refractivity contribution >= 4 is 5.91 Å². The molecule has 1 saturated heterocycles. The molecule has 0 aromatic rings. The second-order valence-electron chi connectivity index (χ2n) is 6.86. The Morgan fingerprint density at radius 3 is 2.65 bits per heavy atom. The first kappa shape index (κ1) is 17.4. The molecular formula is C16H33N3O. The Morgan fingerprint density at radius 1 is 1.40 bits per heavy atom. The molecule has 2 unspecified atom stereocenters. The van der Waals surface area contributed by atoms with E-state index in [0.717, 1.165) is 25.6 Å². The number of nitrogens with zero attached hydrogens (tertiary/aromatic N) is 1. The van der Waals surface area contributed by atoms with Gasteiger partial charge in [0.05, 0.1) is 0 Å². The molecule has 0 saturated carbocycles. The number of nitrogens with one attached hydrogen (secondary N) is 1. The average Bonchev–Trinajstić information content (AvgIpc) is 2.54. The smallest absolute Gasteiger partial charge is 0.238 e. The Kier molecular flexibility index (Phi) is 6.96. The average molecular weight is 283 g/mol. The van der Waals surface area contributed by atoms with E-state index in [1.54, 1.807) is 0 Å². The first-order chi connectivity index (χ1) is 9.37.